The fraction of sp³-hybridized carbons (Fsp3) is 0.429. The summed E-state index contributed by atoms with van der Waals surface area (Å²) in [7, 11) is 0. The zero-order chi connectivity index (χ0) is 14.6. The summed E-state index contributed by atoms with van der Waals surface area (Å²) in [5.41, 5.74) is 0.107. The molecule has 0 saturated carbocycles. The van der Waals surface area contributed by atoms with E-state index in [9.17, 15) is 9.59 Å². The summed E-state index contributed by atoms with van der Waals surface area (Å²) in [6.45, 7) is 0.730. The first-order valence-electron chi connectivity index (χ1n) is 6.34. The summed E-state index contributed by atoms with van der Waals surface area (Å²) in [5, 5.41) is 11.8. The van der Waals surface area contributed by atoms with Gasteiger partial charge >= 0.3 is 5.97 Å². The average molecular weight is 342 g/mol. The first-order valence-corrected chi connectivity index (χ1v) is 7.13. The van der Waals surface area contributed by atoms with Crippen LogP contribution in [0, 0.1) is 0 Å². The molecule has 0 aromatic heterocycles. The van der Waals surface area contributed by atoms with Gasteiger partial charge in [0.15, 0.2) is 0 Å². The fourth-order valence-electron chi connectivity index (χ4n) is 2.35. The number of aliphatic carboxylic acids is 1. The molecule has 1 saturated heterocycles. The number of benzene rings is 1. The standard InChI is InChI=1S/C14H16BrNO4/c15-11-3-1-2-10(6-11)7-12(17)16-14(8-13(18)19)4-5-20-9-14/h1-3,6H,4-5,7-9H2,(H,16,17)(H,18,19). The van der Waals surface area contributed by atoms with Crippen LogP contribution in [0.4, 0.5) is 0 Å². The minimum absolute atomic E-state index is 0.114. The van der Waals surface area contributed by atoms with E-state index in [-0.39, 0.29) is 25.4 Å². The molecular formula is C14H16BrNO4. The third kappa shape index (κ3) is 4.05. The third-order valence-electron chi connectivity index (χ3n) is 3.25. The van der Waals surface area contributed by atoms with Gasteiger partial charge in [-0.05, 0) is 24.1 Å². The van der Waals surface area contributed by atoms with Crippen molar-refractivity contribution >= 4 is 27.8 Å². The van der Waals surface area contributed by atoms with Gasteiger partial charge in [0.05, 0.1) is 25.0 Å². The molecule has 1 aromatic carbocycles. The van der Waals surface area contributed by atoms with Crippen molar-refractivity contribution in [1.29, 1.82) is 0 Å². The second-order valence-corrected chi connectivity index (χ2v) is 5.92. The van der Waals surface area contributed by atoms with E-state index in [2.05, 4.69) is 21.2 Å². The van der Waals surface area contributed by atoms with Gasteiger partial charge in [-0.1, -0.05) is 28.1 Å². The van der Waals surface area contributed by atoms with Gasteiger partial charge in [-0.2, -0.15) is 0 Å². The summed E-state index contributed by atoms with van der Waals surface area (Å²) in [6.07, 6.45) is 0.640. The second kappa shape index (κ2) is 6.37. The lowest BCUT2D eigenvalue weighted by atomic mass is 9.94. The van der Waals surface area contributed by atoms with E-state index in [1.165, 1.54) is 0 Å². The Bertz CT molecular complexity index is 512. The van der Waals surface area contributed by atoms with Crippen LogP contribution in [-0.4, -0.2) is 35.7 Å². The molecule has 1 aliphatic heterocycles. The van der Waals surface area contributed by atoms with Gasteiger partial charge in [0.1, 0.15) is 0 Å². The number of rotatable bonds is 5. The van der Waals surface area contributed by atoms with Crippen molar-refractivity contribution in [2.75, 3.05) is 13.2 Å². The van der Waals surface area contributed by atoms with E-state index in [4.69, 9.17) is 9.84 Å². The molecule has 1 unspecified atom stereocenters. The molecule has 20 heavy (non-hydrogen) atoms. The zero-order valence-corrected chi connectivity index (χ0v) is 12.5. The highest BCUT2D eigenvalue weighted by atomic mass is 79.9. The molecular weight excluding hydrogens is 326 g/mol. The van der Waals surface area contributed by atoms with Gasteiger partial charge in [0.2, 0.25) is 5.91 Å². The highest BCUT2D eigenvalue weighted by molar-refractivity contribution is 9.10. The molecule has 6 heteroatoms. The summed E-state index contributed by atoms with van der Waals surface area (Å²) >= 11 is 3.35. The zero-order valence-electron chi connectivity index (χ0n) is 10.9. The SMILES string of the molecule is O=C(O)CC1(NC(=O)Cc2cccc(Br)c2)CCOC1. The van der Waals surface area contributed by atoms with Crippen molar-refractivity contribution in [2.24, 2.45) is 0 Å². The topological polar surface area (TPSA) is 75.6 Å². The maximum atomic E-state index is 12.1. The number of carbonyl (C=O) groups excluding carboxylic acids is 1. The van der Waals surface area contributed by atoms with Gasteiger partial charge < -0.3 is 15.2 Å². The summed E-state index contributed by atoms with van der Waals surface area (Å²) < 4.78 is 6.16. The molecule has 1 heterocycles. The third-order valence-corrected chi connectivity index (χ3v) is 3.74. The molecule has 1 fully saturated rings. The molecule has 1 aliphatic rings. The summed E-state index contributed by atoms with van der Waals surface area (Å²) in [5.74, 6) is -1.12. The lowest BCUT2D eigenvalue weighted by molar-refractivity contribution is -0.139. The van der Waals surface area contributed by atoms with E-state index in [0.29, 0.717) is 13.0 Å². The smallest absolute Gasteiger partial charge is 0.305 e. The summed E-state index contributed by atoms with van der Waals surface area (Å²) in [6, 6.07) is 7.48. The molecule has 108 valence electrons. The van der Waals surface area contributed by atoms with Gasteiger partial charge in [0.25, 0.3) is 0 Å². The number of amides is 1. The number of carboxylic acid groups (broad SMARTS) is 1. The van der Waals surface area contributed by atoms with Gasteiger partial charge in [-0.25, -0.2) is 0 Å². The fourth-order valence-corrected chi connectivity index (χ4v) is 2.80. The lowest BCUT2D eigenvalue weighted by Gasteiger charge is -2.27. The van der Waals surface area contributed by atoms with E-state index >= 15 is 0 Å². The largest absolute Gasteiger partial charge is 0.481 e. The Kier molecular flexibility index (Phi) is 4.77. The van der Waals surface area contributed by atoms with Crippen molar-refractivity contribution in [1.82, 2.24) is 5.32 Å². The Balaban J connectivity index is 2.00. The second-order valence-electron chi connectivity index (χ2n) is 5.01. The van der Waals surface area contributed by atoms with Crippen LogP contribution >= 0.6 is 15.9 Å². The van der Waals surface area contributed by atoms with E-state index in [1.807, 2.05) is 24.3 Å². The number of carboxylic acids is 1. The van der Waals surface area contributed by atoms with Crippen LogP contribution in [0.1, 0.15) is 18.4 Å². The van der Waals surface area contributed by atoms with Crippen molar-refractivity contribution in [3.63, 3.8) is 0 Å². The molecule has 2 rings (SSSR count). The highest BCUT2D eigenvalue weighted by Crippen LogP contribution is 2.23. The Morgan fingerprint density at radius 3 is 2.85 bits per heavy atom. The van der Waals surface area contributed by atoms with Crippen LogP contribution < -0.4 is 5.32 Å². The van der Waals surface area contributed by atoms with Crippen molar-refractivity contribution in [3.8, 4) is 0 Å². The average Bonchev–Trinajstić information content (AvgIpc) is 2.75. The molecule has 0 radical (unpaired) electrons. The molecule has 0 aliphatic carbocycles. The minimum atomic E-state index is -0.932. The van der Waals surface area contributed by atoms with E-state index in [1.54, 1.807) is 0 Å². The van der Waals surface area contributed by atoms with Gasteiger partial charge in [0, 0.05) is 11.1 Å². The molecule has 2 N–H and O–H groups in total. The number of nitrogens with one attached hydrogen (secondary N) is 1. The van der Waals surface area contributed by atoms with Crippen molar-refractivity contribution in [3.05, 3.63) is 34.3 Å². The molecule has 0 spiro atoms. The number of hydrogen-bond acceptors (Lipinski definition) is 3. The first kappa shape index (κ1) is 15.0. The van der Waals surface area contributed by atoms with Crippen LogP contribution in [-0.2, 0) is 20.7 Å². The van der Waals surface area contributed by atoms with Crippen LogP contribution in [0.2, 0.25) is 0 Å². The number of ether oxygens (including phenoxy) is 1. The van der Waals surface area contributed by atoms with E-state index in [0.717, 1.165) is 10.0 Å². The minimum Gasteiger partial charge on any atom is -0.481 e. The Morgan fingerprint density at radius 2 is 2.25 bits per heavy atom. The number of carbonyl (C=O) groups is 2. The van der Waals surface area contributed by atoms with Crippen LogP contribution in [0.15, 0.2) is 28.7 Å². The highest BCUT2D eigenvalue weighted by Gasteiger charge is 2.38. The monoisotopic (exact) mass is 341 g/mol. The molecule has 1 atom stereocenters. The molecule has 1 aromatic rings. The van der Waals surface area contributed by atoms with Crippen molar-refractivity contribution in [2.45, 2.75) is 24.8 Å². The Labute approximate surface area is 125 Å². The van der Waals surface area contributed by atoms with Gasteiger partial charge in [-0.3, -0.25) is 9.59 Å². The summed E-state index contributed by atoms with van der Waals surface area (Å²) in [4.78, 5) is 23.0. The maximum absolute atomic E-state index is 12.1. The Hall–Kier alpha value is -1.40. The number of hydrogen-bond donors (Lipinski definition) is 2. The van der Waals surface area contributed by atoms with Crippen LogP contribution in [0.3, 0.4) is 0 Å². The Morgan fingerprint density at radius 1 is 1.45 bits per heavy atom. The maximum Gasteiger partial charge on any atom is 0.305 e. The normalized spacial score (nSPS) is 21.6. The quantitative estimate of drug-likeness (QED) is 0.855. The van der Waals surface area contributed by atoms with Crippen molar-refractivity contribution < 1.29 is 19.4 Å². The number of halogens is 1. The first-order chi connectivity index (χ1) is 9.49. The predicted molar refractivity (Wildman–Crippen MR) is 76.4 cm³/mol. The molecule has 0 bridgehead atoms. The molecule has 5 nitrogen and oxygen atoms in total. The predicted octanol–water partition coefficient (Wildman–Crippen LogP) is 1.74. The van der Waals surface area contributed by atoms with Crippen LogP contribution in [0.5, 0.6) is 0 Å². The molecule has 1 amide bonds. The van der Waals surface area contributed by atoms with Gasteiger partial charge in [-0.15, -0.1) is 0 Å². The van der Waals surface area contributed by atoms with Crippen LogP contribution in [0.25, 0.3) is 0 Å². The lowest BCUT2D eigenvalue weighted by Crippen LogP contribution is -2.51. The van der Waals surface area contributed by atoms with E-state index < -0.39 is 11.5 Å².